The van der Waals surface area contributed by atoms with Crippen LogP contribution < -0.4 is 9.88 Å². The largest absolute Gasteiger partial charge is 0.320 e. The number of anilines is 1. The third kappa shape index (κ3) is 3.94. The van der Waals surface area contributed by atoms with E-state index in [0.717, 1.165) is 18.4 Å². The van der Waals surface area contributed by atoms with Gasteiger partial charge in [-0.1, -0.05) is 0 Å². The molecule has 1 aliphatic rings. The molecule has 0 spiro atoms. The molecule has 1 saturated heterocycles. The zero-order valence-corrected chi connectivity index (χ0v) is 15.9. The highest BCUT2D eigenvalue weighted by Crippen LogP contribution is 2.22. The van der Waals surface area contributed by atoms with Crippen molar-refractivity contribution in [3.05, 3.63) is 54.4 Å². The van der Waals surface area contributed by atoms with Crippen molar-refractivity contribution in [2.75, 3.05) is 18.4 Å². The number of carbonyl (C=O) groups is 1. The van der Waals surface area contributed by atoms with E-state index in [1.807, 2.05) is 42.9 Å². The molecule has 1 N–H and O–H groups in total. The van der Waals surface area contributed by atoms with Crippen LogP contribution in [0.1, 0.15) is 31.4 Å². The molecule has 0 unspecified atom stereocenters. The standard InChI is InChI=1S/C19H23N3O3S/c1-15-9-13-21(14-10-15)16(2)19(23)20-17-5-7-18(8-6-17)26(24,25)22-11-3-4-12-22/h5-10,13-14,16H,3-4,11-12H2,1-2H3/p+1/t16-/m1/s1. The Morgan fingerprint density at radius 3 is 2.23 bits per heavy atom. The van der Waals surface area contributed by atoms with Crippen LogP contribution in [0.15, 0.2) is 53.7 Å². The van der Waals surface area contributed by atoms with Crippen LogP contribution in [0, 0.1) is 6.92 Å². The maximum Gasteiger partial charge on any atom is 0.293 e. The van der Waals surface area contributed by atoms with Gasteiger partial charge in [0.2, 0.25) is 16.1 Å². The number of sulfonamides is 1. The molecule has 2 aromatic rings. The Bertz CT molecular complexity index is 871. The van der Waals surface area contributed by atoms with Gasteiger partial charge in [-0.3, -0.25) is 4.79 Å². The molecule has 138 valence electrons. The first-order valence-electron chi connectivity index (χ1n) is 8.76. The third-order valence-corrected chi connectivity index (χ3v) is 6.58. The second-order valence-corrected chi connectivity index (χ2v) is 8.56. The summed E-state index contributed by atoms with van der Waals surface area (Å²) in [5, 5.41) is 2.83. The van der Waals surface area contributed by atoms with E-state index in [9.17, 15) is 13.2 Å². The monoisotopic (exact) mass is 374 g/mol. The van der Waals surface area contributed by atoms with Gasteiger partial charge in [0.1, 0.15) is 0 Å². The van der Waals surface area contributed by atoms with Crippen molar-refractivity contribution in [2.45, 2.75) is 37.6 Å². The molecule has 3 rings (SSSR count). The van der Waals surface area contributed by atoms with Gasteiger partial charge in [0, 0.05) is 37.8 Å². The Morgan fingerprint density at radius 2 is 1.65 bits per heavy atom. The van der Waals surface area contributed by atoms with Gasteiger partial charge in [-0.25, -0.2) is 8.42 Å². The zero-order valence-electron chi connectivity index (χ0n) is 15.1. The van der Waals surface area contributed by atoms with Crippen LogP contribution in [-0.2, 0) is 14.8 Å². The lowest BCUT2D eigenvalue weighted by Crippen LogP contribution is -2.43. The van der Waals surface area contributed by atoms with Crippen LogP contribution in [0.5, 0.6) is 0 Å². The molecule has 1 aliphatic heterocycles. The summed E-state index contributed by atoms with van der Waals surface area (Å²) < 4.78 is 28.4. The minimum Gasteiger partial charge on any atom is -0.320 e. The summed E-state index contributed by atoms with van der Waals surface area (Å²) in [6.07, 6.45) is 5.54. The van der Waals surface area contributed by atoms with Gasteiger partial charge in [0.25, 0.3) is 5.91 Å². The number of hydrogen-bond acceptors (Lipinski definition) is 3. The van der Waals surface area contributed by atoms with Crippen LogP contribution in [-0.4, -0.2) is 31.7 Å². The molecule has 1 atom stereocenters. The Balaban J connectivity index is 1.69. The summed E-state index contributed by atoms with van der Waals surface area (Å²) in [6.45, 7) is 4.96. The quantitative estimate of drug-likeness (QED) is 0.816. The van der Waals surface area contributed by atoms with Crippen LogP contribution in [0.2, 0.25) is 0 Å². The summed E-state index contributed by atoms with van der Waals surface area (Å²) in [4.78, 5) is 12.7. The van der Waals surface area contributed by atoms with E-state index >= 15 is 0 Å². The highest BCUT2D eigenvalue weighted by atomic mass is 32.2. The molecular formula is C19H24N3O3S+. The zero-order chi connectivity index (χ0) is 18.7. The number of aromatic nitrogens is 1. The highest BCUT2D eigenvalue weighted by Gasteiger charge is 2.27. The minimum atomic E-state index is -3.43. The summed E-state index contributed by atoms with van der Waals surface area (Å²) in [6, 6.07) is 9.88. The summed E-state index contributed by atoms with van der Waals surface area (Å²) in [7, 11) is -3.43. The van der Waals surface area contributed by atoms with Crippen molar-refractivity contribution in [3.8, 4) is 0 Å². The molecule has 2 heterocycles. The van der Waals surface area contributed by atoms with Gasteiger partial charge in [-0.2, -0.15) is 8.87 Å². The fourth-order valence-electron chi connectivity index (χ4n) is 2.94. The van der Waals surface area contributed by atoms with Crippen molar-refractivity contribution in [3.63, 3.8) is 0 Å². The topological polar surface area (TPSA) is 70.4 Å². The lowest BCUT2D eigenvalue weighted by molar-refractivity contribution is -0.705. The van der Waals surface area contributed by atoms with Crippen molar-refractivity contribution in [1.82, 2.24) is 4.31 Å². The molecule has 26 heavy (non-hydrogen) atoms. The van der Waals surface area contributed by atoms with E-state index < -0.39 is 10.0 Å². The number of amides is 1. The van der Waals surface area contributed by atoms with Crippen molar-refractivity contribution < 1.29 is 17.8 Å². The first-order chi connectivity index (χ1) is 12.4. The molecule has 0 saturated carbocycles. The van der Waals surface area contributed by atoms with E-state index in [0.29, 0.717) is 18.8 Å². The first kappa shape index (κ1) is 18.5. The average molecular weight is 374 g/mol. The molecular weight excluding hydrogens is 350 g/mol. The third-order valence-electron chi connectivity index (χ3n) is 4.67. The van der Waals surface area contributed by atoms with E-state index in [4.69, 9.17) is 0 Å². The second kappa shape index (κ2) is 7.55. The van der Waals surface area contributed by atoms with E-state index in [-0.39, 0.29) is 16.8 Å². The first-order valence-corrected chi connectivity index (χ1v) is 10.2. The molecule has 1 fully saturated rings. The van der Waals surface area contributed by atoms with E-state index in [1.165, 1.54) is 4.31 Å². The van der Waals surface area contributed by atoms with Gasteiger partial charge in [0.05, 0.1) is 4.90 Å². The fourth-order valence-corrected chi connectivity index (χ4v) is 4.46. The number of rotatable bonds is 5. The number of carbonyl (C=O) groups excluding carboxylic acids is 1. The van der Waals surface area contributed by atoms with Crippen LogP contribution in [0.25, 0.3) is 0 Å². The maximum absolute atomic E-state index is 12.5. The van der Waals surface area contributed by atoms with Crippen LogP contribution >= 0.6 is 0 Å². The predicted molar refractivity (Wildman–Crippen MR) is 99.1 cm³/mol. The van der Waals surface area contributed by atoms with E-state index in [1.54, 1.807) is 24.3 Å². The lowest BCUT2D eigenvalue weighted by Gasteiger charge is -2.15. The molecule has 1 amide bonds. The number of nitrogens with zero attached hydrogens (tertiary/aromatic N) is 2. The number of hydrogen-bond donors (Lipinski definition) is 1. The molecule has 1 aromatic heterocycles. The van der Waals surface area contributed by atoms with Crippen molar-refractivity contribution >= 4 is 21.6 Å². The second-order valence-electron chi connectivity index (χ2n) is 6.62. The van der Waals surface area contributed by atoms with Crippen LogP contribution in [0.3, 0.4) is 0 Å². The molecule has 1 aromatic carbocycles. The Morgan fingerprint density at radius 1 is 1.08 bits per heavy atom. The molecule has 7 heteroatoms. The normalized spacial score (nSPS) is 16.4. The Labute approximate surface area is 154 Å². The van der Waals surface area contributed by atoms with Crippen molar-refractivity contribution in [2.24, 2.45) is 0 Å². The van der Waals surface area contributed by atoms with Gasteiger partial charge >= 0.3 is 0 Å². The Kier molecular flexibility index (Phi) is 5.38. The fraction of sp³-hybridized carbons (Fsp3) is 0.368. The number of pyridine rings is 1. The lowest BCUT2D eigenvalue weighted by atomic mass is 10.2. The Hall–Kier alpha value is -2.25. The SMILES string of the molecule is Cc1cc[n+]([C@H](C)C(=O)Nc2ccc(S(=O)(=O)N3CCCC3)cc2)cc1. The number of nitrogens with one attached hydrogen (secondary N) is 1. The molecule has 0 aliphatic carbocycles. The van der Waals surface area contributed by atoms with Gasteiger partial charge in [-0.15, -0.1) is 0 Å². The minimum absolute atomic E-state index is 0.158. The maximum atomic E-state index is 12.5. The molecule has 6 nitrogen and oxygen atoms in total. The average Bonchev–Trinajstić information content (AvgIpc) is 3.18. The number of benzene rings is 1. The van der Waals surface area contributed by atoms with Crippen LogP contribution in [0.4, 0.5) is 5.69 Å². The van der Waals surface area contributed by atoms with Crippen molar-refractivity contribution in [1.29, 1.82) is 0 Å². The highest BCUT2D eigenvalue weighted by molar-refractivity contribution is 7.89. The van der Waals surface area contributed by atoms with E-state index in [2.05, 4.69) is 5.32 Å². The van der Waals surface area contributed by atoms with Gasteiger partial charge in [0.15, 0.2) is 12.4 Å². The smallest absolute Gasteiger partial charge is 0.293 e. The summed E-state index contributed by atoms with van der Waals surface area (Å²) in [5.74, 6) is -0.158. The van der Waals surface area contributed by atoms with Gasteiger partial charge in [-0.05, 0) is 49.6 Å². The van der Waals surface area contributed by atoms with Gasteiger partial charge < -0.3 is 5.32 Å². The summed E-state index contributed by atoms with van der Waals surface area (Å²) in [5.41, 5.74) is 1.71. The predicted octanol–water partition coefficient (Wildman–Crippen LogP) is 2.27. The number of aryl methyl sites for hydroxylation is 1. The molecule has 0 radical (unpaired) electrons. The summed E-state index contributed by atoms with van der Waals surface area (Å²) >= 11 is 0. The molecule has 0 bridgehead atoms.